The maximum absolute atomic E-state index is 14.6. The van der Waals surface area contributed by atoms with E-state index in [0.29, 0.717) is 12.1 Å². The van der Waals surface area contributed by atoms with Gasteiger partial charge in [-0.1, -0.05) is 6.42 Å². The highest BCUT2D eigenvalue weighted by Gasteiger charge is 2.29. The summed E-state index contributed by atoms with van der Waals surface area (Å²) in [4.78, 5) is 4.09. The van der Waals surface area contributed by atoms with E-state index < -0.39 is 17.2 Å². The van der Waals surface area contributed by atoms with Crippen molar-refractivity contribution in [2.24, 2.45) is 0 Å². The SMILES string of the molecule is CCNc1c(C2CCCC(n3ccnc3)C2)cc(F)c(C#N)c1F. The molecule has 1 saturated carbocycles. The van der Waals surface area contributed by atoms with Crippen LogP contribution >= 0.6 is 0 Å². The van der Waals surface area contributed by atoms with Gasteiger partial charge in [-0.15, -0.1) is 0 Å². The van der Waals surface area contributed by atoms with Crippen LogP contribution in [0, 0.1) is 23.0 Å². The molecule has 2 aromatic rings. The molecule has 0 spiro atoms. The van der Waals surface area contributed by atoms with Crippen molar-refractivity contribution < 1.29 is 8.78 Å². The maximum atomic E-state index is 14.6. The molecule has 1 aromatic heterocycles. The molecule has 1 aliphatic carbocycles. The van der Waals surface area contributed by atoms with Crippen molar-refractivity contribution >= 4 is 5.69 Å². The smallest absolute Gasteiger partial charge is 0.167 e. The topological polar surface area (TPSA) is 53.6 Å². The summed E-state index contributed by atoms with van der Waals surface area (Å²) < 4.78 is 30.8. The zero-order valence-corrected chi connectivity index (χ0v) is 13.6. The minimum Gasteiger partial charge on any atom is -0.383 e. The highest BCUT2D eigenvalue weighted by atomic mass is 19.1. The molecule has 6 heteroatoms. The molecule has 24 heavy (non-hydrogen) atoms. The quantitative estimate of drug-likeness (QED) is 0.906. The van der Waals surface area contributed by atoms with Crippen molar-refractivity contribution in [1.82, 2.24) is 9.55 Å². The molecule has 126 valence electrons. The summed E-state index contributed by atoms with van der Waals surface area (Å²) in [6.45, 7) is 2.37. The second-order valence-corrected chi connectivity index (χ2v) is 6.18. The number of hydrogen-bond donors (Lipinski definition) is 1. The molecular weight excluding hydrogens is 310 g/mol. The van der Waals surface area contributed by atoms with Gasteiger partial charge >= 0.3 is 0 Å². The van der Waals surface area contributed by atoms with Crippen molar-refractivity contribution in [2.45, 2.75) is 44.6 Å². The van der Waals surface area contributed by atoms with E-state index in [1.807, 2.05) is 13.1 Å². The molecule has 0 bridgehead atoms. The summed E-state index contributed by atoms with van der Waals surface area (Å²) in [5, 5.41) is 12.0. The van der Waals surface area contributed by atoms with E-state index in [0.717, 1.165) is 25.7 Å². The first-order chi connectivity index (χ1) is 11.7. The number of halogens is 2. The third-order valence-corrected chi connectivity index (χ3v) is 4.75. The number of benzene rings is 1. The van der Waals surface area contributed by atoms with Gasteiger partial charge in [0.05, 0.1) is 12.0 Å². The first-order valence-electron chi connectivity index (χ1n) is 8.29. The lowest BCUT2D eigenvalue weighted by Crippen LogP contribution is -2.19. The fourth-order valence-electron chi connectivity index (χ4n) is 3.62. The highest BCUT2D eigenvalue weighted by molar-refractivity contribution is 5.59. The summed E-state index contributed by atoms with van der Waals surface area (Å²) in [5.41, 5.74) is 0.388. The van der Waals surface area contributed by atoms with Crippen molar-refractivity contribution in [3.8, 4) is 6.07 Å². The van der Waals surface area contributed by atoms with Gasteiger partial charge in [0.15, 0.2) is 5.82 Å². The molecule has 4 nitrogen and oxygen atoms in total. The second-order valence-electron chi connectivity index (χ2n) is 6.18. The van der Waals surface area contributed by atoms with Gasteiger partial charge in [-0.3, -0.25) is 0 Å². The average Bonchev–Trinajstić information content (AvgIpc) is 3.12. The normalized spacial score (nSPS) is 20.6. The van der Waals surface area contributed by atoms with Crippen molar-refractivity contribution in [3.05, 3.63) is 47.5 Å². The number of anilines is 1. The van der Waals surface area contributed by atoms with Crippen LogP contribution in [0.2, 0.25) is 0 Å². The van der Waals surface area contributed by atoms with Crippen LogP contribution < -0.4 is 5.32 Å². The number of nitrogens with one attached hydrogen (secondary N) is 1. The first-order valence-corrected chi connectivity index (χ1v) is 8.29. The highest BCUT2D eigenvalue weighted by Crippen LogP contribution is 2.42. The van der Waals surface area contributed by atoms with Crippen LogP contribution in [0.15, 0.2) is 24.8 Å². The Hall–Kier alpha value is -2.42. The fourth-order valence-corrected chi connectivity index (χ4v) is 3.62. The summed E-state index contributed by atoms with van der Waals surface area (Å²) in [7, 11) is 0. The van der Waals surface area contributed by atoms with Gasteiger partial charge in [0.25, 0.3) is 0 Å². The van der Waals surface area contributed by atoms with E-state index in [2.05, 4.69) is 14.9 Å². The molecule has 0 saturated heterocycles. The van der Waals surface area contributed by atoms with Crippen LogP contribution in [-0.4, -0.2) is 16.1 Å². The fraction of sp³-hybridized carbons (Fsp3) is 0.444. The average molecular weight is 330 g/mol. The number of hydrogen-bond acceptors (Lipinski definition) is 3. The Morgan fingerprint density at radius 1 is 1.42 bits per heavy atom. The second kappa shape index (κ2) is 7.00. The van der Waals surface area contributed by atoms with E-state index in [1.165, 1.54) is 6.07 Å². The predicted octanol–water partition coefficient (Wildman–Crippen LogP) is 4.36. The lowest BCUT2D eigenvalue weighted by Gasteiger charge is -2.31. The monoisotopic (exact) mass is 330 g/mol. The summed E-state index contributed by atoms with van der Waals surface area (Å²) in [5.74, 6) is -1.51. The maximum Gasteiger partial charge on any atom is 0.167 e. The van der Waals surface area contributed by atoms with Crippen LogP contribution in [0.25, 0.3) is 0 Å². The van der Waals surface area contributed by atoms with Crippen molar-refractivity contribution in [3.63, 3.8) is 0 Å². The lowest BCUT2D eigenvalue weighted by atomic mass is 9.80. The molecule has 1 aromatic carbocycles. The molecule has 2 atom stereocenters. The van der Waals surface area contributed by atoms with Gasteiger partial charge in [0.2, 0.25) is 0 Å². The number of imidazole rings is 1. The molecule has 1 N–H and O–H groups in total. The van der Waals surface area contributed by atoms with Gasteiger partial charge in [0, 0.05) is 25.0 Å². The summed E-state index contributed by atoms with van der Waals surface area (Å²) >= 11 is 0. The van der Waals surface area contributed by atoms with E-state index in [9.17, 15) is 8.78 Å². The molecule has 1 fully saturated rings. The van der Waals surface area contributed by atoms with Crippen LogP contribution in [0.4, 0.5) is 14.5 Å². The minimum absolute atomic E-state index is 0.0527. The van der Waals surface area contributed by atoms with Crippen LogP contribution in [0.1, 0.15) is 55.7 Å². The lowest BCUT2D eigenvalue weighted by molar-refractivity contribution is 0.318. The molecule has 2 unspecified atom stereocenters. The van der Waals surface area contributed by atoms with E-state index in [1.54, 1.807) is 18.6 Å². The minimum atomic E-state index is -0.781. The first kappa shape index (κ1) is 16.4. The molecule has 1 heterocycles. The third-order valence-electron chi connectivity index (χ3n) is 4.75. The van der Waals surface area contributed by atoms with Crippen LogP contribution in [0.5, 0.6) is 0 Å². The number of rotatable bonds is 4. The van der Waals surface area contributed by atoms with Crippen molar-refractivity contribution in [2.75, 3.05) is 11.9 Å². The molecule has 0 radical (unpaired) electrons. The van der Waals surface area contributed by atoms with Crippen LogP contribution in [-0.2, 0) is 0 Å². The number of nitrogens with zero attached hydrogens (tertiary/aromatic N) is 3. The molecule has 0 amide bonds. The predicted molar refractivity (Wildman–Crippen MR) is 87.7 cm³/mol. The van der Waals surface area contributed by atoms with Crippen LogP contribution in [0.3, 0.4) is 0 Å². The Kier molecular flexibility index (Phi) is 4.79. The molecule has 0 aliphatic heterocycles. The largest absolute Gasteiger partial charge is 0.383 e. The number of nitriles is 1. The van der Waals surface area contributed by atoms with Gasteiger partial charge < -0.3 is 9.88 Å². The van der Waals surface area contributed by atoms with E-state index >= 15 is 0 Å². The van der Waals surface area contributed by atoms with E-state index in [-0.39, 0.29) is 17.6 Å². The Bertz CT molecular complexity index is 749. The van der Waals surface area contributed by atoms with Crippen molar-refractivity contribution in [1.29, 1.82) is 5.26 Å². The zero-order chi connectivity index (χ0) is 17.1. The van der Waals surface area contributed by atoms with Gasteiger partial charge in [-0.05, 0) is 43.7 Å². The molecular formula is C18H20F2N4. The Balaban J connectivity index is 1.97. The standard InChI is InChI=1S/C18H20F2N4/c1-2-23-18-14(9-16(19)15(10-21)17(18)20)12-4-3-5-13(8-12)24-7-6-22-11-24/h6-7,9,11-13,23H,2-5,8H2,1H3. The van der Waals surface area contributed by atoms with Gasteiger partial charge in [-0.25, -0.2) is 13.8 Å². The third kappa shape index (κ3) is 2.99. The zero-order valence-electron chi connectivity index (χ0n) is 13.6. The molecule has 3 rings (SSSR count). The Labute approximate surface area is 140 Å². The number of aromatic nitrogens is 2. The molecule has 1 aliphatic rings. The van der Waals surface area contributed by atoms with E-state index in [4.69, 9.17) is 5.26 Å². The Morgan fingerprint density at radius 2 is 2.25 bits per heavy atom. The summed E-state index contributed by atoms with van der Waals surface area (Å²) in [6.07, 6.45) is 9.17. The Morgan fingerprint density at radius 3 is 2.92 bits per heavy atom. The van der Waals surface area contributed by atoms with Gasteiger partial charge in [-0.2, -0.15) is 5.26 Å². The summed E-state index contributed by atoms with van der Waals surface area (Å²) in [6, 6.07) is 3.24. The van der Waals surface area contributed by atoms with Gasteiger partial charge in [0.1, 0.15) is 17.4 Å².